The molecule has 0 unspecified atom stereocenters. The number of hydrogen-bond acceptors (Lipinski definition) is 3. The molecule has 0 saturated carbocycles. The maximum atomic E-state index is 11.5. The zero-order chi connectivity index (χ0) is 12.5. The van der Waals surface area contributed by atoms with Gasteiger partial charge in [0.15, 0.2) is 0 Å². The number of halogens is 1. The average Bonchev–Trinajstić information content (AvgIpc) is 2.32. The molecule has 4 N–H and O–H groups in total. The first-order valence-corrected chi connectivity index (χ1v) is 6.10. The summed E-state index contributed by atoms with van der Waals surface area (Å²) in [4.78, 5) is 11.5. The summed E-state index contributed by atoms with van der Waals surface area (Å²) in [6, 6.07) is 7.15. The number of para-hydroxylation sites is 1. The predicted molar refractivity (Wildman–Crippen MR) is 71.0 cm³/mol. The zero-order valence-electron chi connectivity index (χ0n) is 9.41. The van der Waals surface area contributed by atoms with Crippen molar-refractivity contribution in [2.75, 3.05) is 31.6 Å². The third kappa shape index (κ3) is 5.67. The molecule has 17 heavy (non-hydrogen) atoms. The molecule has 2 amide bonds. The number of ether oxygens (including phenoxy) is 1. The Morgan fingerprint density at radius 2 is 2.12 bits per heavy atom. The summed E-state index contributed by atoms with van der Waals surface area (Å²) in [5, 5.41) is 5.40. The van der Waals surface area contributed by atoms with Crippen LogP contribution in [0.15, 0.2) is 28.7 Å². The maximum Gasteiger partial charge on any atom is 0.319 e. The van der Waals surface area contributed by atoms with Gasteiger partial charge >= 0.3 is 6.03 Å². The van der Waals surface area contributed by atoms with Gasteiger partial charge in [0.2, 0.25) is 0 Å². The lowest BCUT2D eigenvalue weighted by Crippen LogP contribution is -2.32. The standard InChI is InChI=1S/C11H16BrN3O2/c12-9-3-1-2-4-10(9)15-11(16)14-6-8-17-7-5-13/h1-4H,5-8,13H2,(H2,14,15,16). The number of anilines is 1. The number of amides is 2. The molecule has 0 aliphatic carbocycles. The van der Waals surface area contributed by atoms with Gasteiger partial charge in [-0.1, -0.05) is 12.1 Å². The van der Waals surface area contributed by atoms with E-state index < -0.39 is 0 Å². The molecule has 6 heteroatoms. The van der Waals surface area contributed by atoms with Crippen molar-refractivity contribution in [2.45, 2.75) is 0 Å². The molecule has 1 aromatic rings. The van der Waals surface area contributed by atoms with Crippen LogP contribution in [-0.2, 0) is 4.74 Å². The molecular formula is C11H16BrN3O2. The number of urea groups is 1. The van der Waals surface area contributed by atoms with Gasteiger partial charge in [-0.3, -0.25) is 0 Å². The second kappa shape index (κ2) is 8.05. The lowest BCUT2D eigenvalue weighted by molar-refractivity contribution is 0.144. The second-order valence-electron chi connectivity index (χ2n) is 3.26. The predicted octanol–water partition coefficient (Wildman–Crippen LogP) is 1.55. The van der Waals surface area contributed by atoms with Gasteiger partial charge in [0.1, 0.15) is 0 Å². The van der Waals surface area contributed by atoms with Gasteiger partial charge in [-0.25, -0.2) is 4.79 Å². The first kappa shape index (κ1) is 14.0. The Balaban J connectivity index is 2.23. The molecule has 0 atom stereocenters. The van der Waals surface area contributed by atoms with Gasteiger partial charge in [-0.15, -0.1) is 0 Å². The summed E-state index contributed by atoms with van der Waals surface area (Å²) < 4.78 is 5.97. The Morgan fingerprint density at radius 3 is 2.82 bits per heavy atom. The quantitative estimate of drug-likeness (QED) is 0.698. The normalized spacial score (nSPS) is 10.0. The summed E-state index contributed by atoms with van der Waals surface area (Å²) in [7, 11) is 0. The molecule has 1 aromatic carbocycles. The minimum absolute atomic E-state index is 0.256. The van der Waals surface area contributed by atoms with Crippen LogP contribution in [0.5, 0.6) is 0 Å². The summed E-state index contributed by atoms with van der Waals surface area (Å²) in [5.41, 5.74) is 5.99. The fraction of sp³-hybridized carbons (Fsp3) is 0.364. The third-order valence-corrected chi connectivity index (χ3v) is 2.61. The fourth-order valence-corrected chi connectivity index (χ4v) is 1.54. The van der Waals surface area contributed by atoms with Crippen molar-refractivity contribution in [2.24, 2.45) is 5.73 Å². The summed E-state index contributed by atoms with van der Waals surface area (Å²) in [6.07, 6.45) is 0. The molecule has 0 aromatic heterocycles. The lowest BCUT2D eigenvalue weighted by atomic mass is 10.3. The van der Waals surface area contributed by atoms with Gasteiger partial charge in [0.25, 0.3) is 0 Å². The van der Waals surface area contributed by atoms with Crippen molar-refractivity contribution in [3.8, 4) is 0 Å². The van der Waals surface area contributed by atoms with Crippen molar-refractivity contribution in [3.05, 3.63) is 28.7 Å². The number of nitrogens with one attached hydrogen (secondary N) is 2. The van der Waals surface area contributed by atoms with Crippen LogP contribution < -0.4 is 16.4 Å². The molecule has 5 nitrogen and oxygen atoms in total. The van der Waals surface area contributed by atoms with Crippen LogP contribution in [0.3, 0.4) is 0 Å². The van der Waals surface area contributed by atoms with Gasteiger partial charge in [0, 0.05) is 17.6 Å². The van der Waals surface area contributed by atoms with E-state index in [2.05, 4.69) is 26.6 Å². The van der Waals surface area contributed by atoms with Crippen LogP contribution in [0, 0.1) is 0 Å². The van der Waals surface area contributed by atoms with E-state index >= 15 is 0 Å². The Morgan fingerprint density at radius 1 is 1.35 bits per heavy atom. The first-order valence-electron chi connectivity index (χ1n) is 5.31. The van der Waals surface area contributed by atoms with Crippen LogP contribution >= 0.6 is 15.9 Å². The van der Waals surface area contributed by atoms with E-state index in [1.54, 1.807) is 0 Å². The highest BCUT2D eigenvalue weighted by Crippen LogP contribution is 2.20. The van der Waals surface area contributed by atoms with Gasteiger partial charge in [-0.2, -0.15) is 0 Å². The van der Waals surface area contributed by atoms with E-state index in [9.17, 15) is 4.79 Å². The number of nitrogens with two attached hydrogens (primary N) is 1. The summed E-state index contributed by atoms with van der Waals surface area (Å²) in [5.74, 6) is 0. The maximum absolute atomic E-state index is 11.5. The van der Waals surface area contributed by atoms with Gasteiger partial charge in [-0.05, 0) is 28.1 Å². The van der Waals surface area contributed by atoms with Crippen LogP contribution in [0.1, 0.15) is 0 Å². The SMILES string of the molecule is NCCOCCNC(=O)Nc1ccccc1Br. The number of hydrogen-bond donors (Lipinski definition) is 3. The van der Waals surface area contributed by atoms with Crippen molar-refractivity contribution in [1.82, 2.24) is 5.32 Å². The summed E-state index contributed by atoms with van der Waals surface area (Å²) in [6.45, 7) is 1.91. The van der Waals surface area contributed by atoms with Crippen molar-refractivity contribution < 1.29 is 9.53 Å². The van der Waals surface area contributed by atoms with E-state index in [1.165, 1.54) is 0 Å². The number of rotatable bonds is 6. The highest BCUT2D eigenvalue weighted by atomic mass is 79.9. The smallest absolute Gasteiger partial charge is 0.319 e. The zero-order valence-corrected chi connectivity index (χ0v) is 11.0. The number of benzene rings is 1. The van der Waals surface area contributed by atoms with E-state index in [4.69, 9.17) is 10.5 Å². The highest BCUT2D eigenvalue weighted by molar-refractivity contribution is 9.10. The Kier molecular flexibility index (Phi) is 6.61. The summed E-state index contributed by atoms with van der Waals surface area (Å²) >= 11 is 3.35. The van der Waals surface area contributed by atoms with Crippen molar-refractivity contribution >= 4 is 27.6 Å². The fourth-order valence-electron chi connectivity index (χ4n) is 1.15. The molecule has 0 fully saturated rings. The van der Waals surface area contributed by atoms with Crippen LogP contribution in [-0.4, -0.2) is 32.3 Å². The van der Waals surface area contributed by atoms with E-state index in [-0.39, 0.29) is 6.03 Å². The lowest BCUT2D eigenvalue weighted by Gasteiger charge is -2.09. The minimum Gasteiger partial charge on any atom is -0.378 e. The van der Waals surface area contributed by atoms with E-state index in [1.807, 2.05) is 24.3 Å². The first-order chi connectivity index (χ1) is 8.24. The third-order valence-electron chi connectivity index (χ3n) is 1.92. The molecule has 0 aliphatic heterocycles. The molecule has 1 rings (SSSR count). The molecule has 0 bridgehead atoms. The molecule has 0 radical (unpaired) electrons. The molecule has 94 valence electrons. The molecule has 0 spiro atoms. The van der Waals surface area contributed by atoms with Crippen molar-refractivity contribution in [1.29, 1.82) is 0 Å². The molecule has 0 aliphatic rings. The van der Waals surface area contributed by atoms with Gasteiger partial charge < -0.3 is 21.1 Å². The van der Waals surface area contributed by atoms with Crippen molar-refractivity contribution in [3.63, 3.8) is 0 Å². The van der Waals surface area contributed by atoms with E-state index in [0.29, 0.717) is 26.3 Å². The van der Waals surface area contributed by atoms with Crippen LogP contribution in [0.25, 0.3) is 0 Å². The Labute approximate surface area is 109 Å². The Bertz CT molecular complexity index is 360. The monoisotopic (exact) mass is 301 g/mol. The second-order valence-corrected chi connectivity index (χ2v) is 4.12. The number of carbonyl (C=O) groups excluding carboxylic acids is 1. The molecule has 0 heterocycles. The van der Waals surface area contributed by atoms with Gasteiger partial charge in [0.05, 0.1) is 18.9 Å². The number of carbonyl (C=O) groups is 1. The van der Waals surface area contributed by atoms with Crippen LogP contribution in [0.2, 0.25) is 0 Å². The van der Waals surface area contributed by atoms with E-state index in [0.717, 1.165) is 10.2 Å². The van der Waals surface area contributed by atoms with Crippen LogP contribution in [0.4, 0.5) is 10.5 Å². The molecule has 0 saturated heterocycles. The Hall–Kier alpha value is -1.11. The topological polar surface area (TPSA) is 76.4 Å². The molecular weight excluding hydrogens is 286 g/mol. The highest BCUT2D eigenvalue weighted by Gasteiger charge is 2.03. The largest absolute Gasteiger partial charge is 0.378 e. The average molecular weight is 302 g/mol. The minimum atomic E-state index is -0.256.